The number of nitrogens with zero attached hydrogens (tertiary/aromatic N) is 4. The molecule has 4 rings (SSSR count). The van der Waals surface area contributed by atoms with E-state index in [0.717, 1.165) is 42.6 Å². The Bertz CT molecular complexity index is 1080. The lowest BCUT2D eigenvalue weighted by Gasteiger charge is -2.29. The fourth-order valence-electron chi connectivity index (χ4n) is 3.61. The average molecular weight is 459 g/mol. The molecule has 31 heavy (non-hydrogen) atoms. The first-order chi connectivity index (χ1) is 15.0. The second kappa shape index (κ2) is 9.71. The Balaban J connectivity index is 1.39. The predicted octanol–water partition coefficient (Wildman–Crippen LogP) is 3.94. The van der Waals surface area contributed by atoms with Crippen LogP contribution in [0.15, 0.2) is 29.6 Å². The Labute approximate surface area is 190 Å². The van der Waals surface area contributed by atoms with Crippen molar-refractivity contribution < 1.29 is 9.53 Å². The van der Waals surface area contributed by atoms with Crippen LogP contribution >= 0.6 is 23.6 Å². The van der Waals surface area contributed by atoms with Gasteiger partial charge in [0.2, 0.25) is 5.91 Å². The Hall–Kier alpha value is -2.56. The number of benzene rings is 1. The van der Waals surface area contributed by atoms with E-state index in [1.165, 1.54) is 24.2 Å². The van der Waals surface area contributed by atoms with Gasteiger partial charge in [-0.2, -0.15) is 5.10 Å². The summed E-state index contributed by atoms with van der Waals surface area (Å²) in [5.74, 6) is 1.96. The summed E-state index contributed by atoms with van der Waals surface area (Å²) < 4.78 is 7.26. The van der Waals surface area contributed by atoms with Crippen LogP contribution in [-0.4, -0.2) is 50.8 Å². The van der Waals surface area contributed by atoms with Gasteiger partial charge in [0.25, 0.3) is 0 Å². The van der Waals surface area contributed by atoms with Crippen LogP contribution in [0.5, 0.6) is 5.75 Å². The van der Waals surface area contributed by atoms with Gasteiger partial charge in [-0.3, -0.25) is 19.4 Å². The third-order valence-electron chi connectivity index (χ3n) is 5.47. The number of aromatic amines is 1. The lowest BCUT2D eigenvalue weighted by atomic mass is 9.99. The van der Waals surface area contributed by atoms with Crippen LogP contribution in [0, 0.1) is 10.7 Å². The number of piperidine rings is 1. The second-order valence-electron chi connectivity index (χ2n) is 7.82. The van der Waals surface area contributed by atoms with E-state index < -0.39 is 0 Å². The van der Waals surface area contributed by atoms with Gasteiger partial charge < -0.3 is 10.1 Å². The number of likely N-dealkylation sites (tertiary alicyclic amines) is 1. The van der Waals surface area contributed by atoms with Gasteiger partial charge >= 0.3 is 0 Å². The summed E-state index contributed by atoms with van der Waals surface area (Å²) in [5, 5.41) is 12.6. The molecule has 0 radical (unpaired) electrons. The van der Waals surface area contributed by atoms with Crippen molar-refractivity contribution in [2.75, 3.05) is 25.5 Å². The summed E-state index contributed by atoms with van der Waals surface area (Å²) in [4.78, 5) is 19.7. The van der Waals surface area contributed by atoms with E-state index in [4.69, 9.17) is 17.0 Å². The van der Waals surface area contributed by atoms with Gasteiger partial charge in [-0.05, 0) is 68.3 Å². The first kappa shape index (κ1) is 21.7. The number of carbonyl (C=O) groups excluding carboxylic acids is 1. The molecule has 164 valence electrons. The van der Waals surface area contributed by atoms with Crippen molar-refractivity contribution in [3.63, 3.8) is 0 Å². The molecule has 1 aliphatic rings. The number of carbonyl (C=O) groups is 1. The van der Waals surface area contributed by atoms with Crippen molar-refractivity contribution in [3.05, 3.63) is 40.1 Å². The zero-order valence-electron chi connectivity index (χ0n) is 17.6. The number of methoxy groups -OCH3 is 1. The summed E-state index contributed by atoms with van der Waals surface area (Å²) in [6.07, 6.45) is 2.46. The Morgan fingerprint density at radius 1 is 1.32 bits per heavy atom. The topological polar surface area (TPSA) is 88.1 Å². The minimum atomic E-state index is -0.194. The summed E-state index contributed by atoms with van der Waals surface area (Å²) in [7, 11) is 1.62. The van der Waals surface area contributed by atoms with E-state index in [9.17, 15) is 4.79 Å². The summed E-state index contributed by atoms with van der Waals surface area (Å²) in [5.41, 5.74) is 1.84. The number of thiazole rings is 1. The highest BCUT2D eigenvalue weighted by Crippen LogP contribution is 2.23. The molecule has 1 saturated heterocycles. The number of aromatic nitrogens is 4. The molecular weight excluding hydrogens is 432 g/mol. The van der Waals surface area contributed by atoms with E-state index in [1.54, 1.807) is 11.7 Å². The van der Waals surface area contributed by atoms with Crippen molar-refractivity contribution in [1.82, 2.24) is 24.6 Å². The molecule has 0 spiro atoms. The molecule has 2 N–H and O–H groups in total. The van der Waals surface area contributed by atoms with E-state index in [1.807, 2.05) is 29.6 Å². The maximum Gasteiger partial charge on any atom is 0.246 e. The van der Waals surface area contributed by atoms with Crippen molar-refractivity contribution in [2.24, 2.45) is 5.92 Å². The first-order valence-electron chi connectivity index (χ1n) is 10.3. The van der Waals surface area contributed by atoms with Crippen LogP contribution in [0.25, 0.3) is 11.4 Å². The van der Waals surface area contributed by atoms with E-state index >= 15 is 0 Å². The molecule has 3 aromatic rings. The highest BCUT2D eigenvalue weighted by atomic mass is 32.1. The molecular formula is C21H26N6O2S2. The van der Waals surface area contributed by atoms with E-state index in [-0.39, 0.29) is 12.5 Å². The van der Waals surface area contributed by atoms with E-state index in [0.29, 0.717) is 15.7 Å². The van der Waals surface area contributed by atoms with Gasteiger partial charge in [0.1, 0.15) is 12.3 Å². The molecule has 1 fully saturated rings. The highest BCUT2D eigenvalue weighted by Gasteiger charge is 2.18. The van der Waals surface area contributed by atoms with E-state index in [2.05, 4.69) is 32.3 Å². The van der Waals surface area contributed by atoms with Gasteiger partial charge in [0.15, 0.2) is 15.7 Å². The molecule has 10 heteroatoms. The molecule has 0 saturated carbocycles. The molecule has 1 amide bonds. The minimum Gasteiger partial charge on any atom is -0.497 e. The normalized spacial score (nSPS) is 15.2. The Morgan fingerprint density at radius 2 is 2.06 bits per heavy atom. The number of nitrogens with one attached hydrogen (secondary N) is 2. The quantitative estimate of drug-likeness (QED) is 0.522. The Kier molecular flexibility index (Phi) is 6.79. The van der Waals surface area contributed by atoms with Crippen LogP contribution in [0.4, 0.5) is 5.13 Å². The smallest absolute Gasteiger partial charge is 0.246 e. The molecule has 0 bridgehead atoms. The van der Waals surface area contributed by atoms with Crippen LogP contribution < -0.4 is 10.1 Å². The fraction of sp³-hybridized carbons (Fsp3) is 0.429. The predicted molar refractivity (Wildman–Crippen MR) is 124 cm³/mol. The van der Waals surface area contributed by atoms with Crippen molar-refractivity contribution in [1.29, 1.82) is 0 Å². The van der Waals surface area contributed by atoms with Crippen molar-refractivity contribution in [3.8, 4) is 17.1 Å². The van der Waals surface area contributed by atoms with Gasteiger partial charge in [0, 0.05) is 17.5 Å². The van der Waals surface area contributed by atoms with Crippen LogP contribution in [0.1, 0.15) is 25.5 Å². The molecule has 0 aliphatic carbocycles. The zero-order valence-corrected chi connectivity index (χ0v) is 19.3. The molecule has 0 atom stereocenters. The van der Waals surface area contributed by atoms with Gasteiger partial charge in [-0.15, -0.1) is 11.3 Å². The second-order valence-corrected chi connectivity index (χ2v) is 9.06. The number of hydrogen-bond acceptors (Lipinski definition) is 7. The largest absolute Gasteiger partial charge is 0.497 e. The minimum absolute atomic E-state index is 0.0512. The SMILES string of the molecule is COc1ccc(-c2n[nH]c(=S)n2CC(=O)Nc2nc(CN3CCC(C)CC3)cs2)cc1. The number of hydrogen-bond donors (Lipinski definition) is 2. The molecule has 8 nitrogen and oxygen atoms in total. The Morgan fingerprint density at radius 3 is 2.77 bits per heavy atom. The summed E-state index contributed by atoms with van der Waals surface area (Å²) in [6.45, 7) is 5.39. The third-order valence-corrected chi connectivity index (χ3v) is 6.59. The highest BCUT2D eigenvalue weighted by molar-refractivity contribution is 7.71. The summed E-state index contributed by atoms with van der Waals surface area (Å²) >= 11 is 6.78. The lowest BCUT2D eigenvalue weighted by molar-refractivity contribution is -0.116. The van der Waals surface area contributed by atoms with Crippen molar-refractivity contribution >= 4 is 34.6 Å². The zero-order chi connectivity index (χ0) is 21.8. The van der Waals surface area contributed by atoms with Crippen LogP contribution in [0.3, 0.4) is 0 Å². The number of anilines is 1. The number of ether oxygens (including phenoxy) is 1. The monoisotopic (exact) mass is 458 g/mol. The summed E-state index contributed by atoms with van der Waals surface area (Å²) in [6, 6.07) is 7.45. The van der Waals surface area contributed by atoms with Gasteiger partial charge in [0.05, 0.1) is 12.8 Å². The lowest BCUT2D eigenvalue weighted by Crippen LogP contribution is -2.32. The van der Waals surface area contributed by atoms with Crippen molar-refractivity contribution in [2.45, 2.75) is 32.9 Å². The average Bonchev–Trinajstić information content (AvgIpc) is 3.36. The number of amides is 1. The first-order valence-corrected chi connectivity index (χ1v) is 11.6. The fourth-order valence-corrected chi connectivity index (χ4v) is 4.53. The maximum absolute atomic E-state index is 12.7. The van der Waals surface area contributed by atoms with Crippen LogP contribution in [0.2, 0.25) is 0 Å². The maximum atomic E-state index is 12.7. The number of H-pyrrole nitrogens is 1. The number of rotatable bonds is 7. The molecule has 3 heterocycles. The molecule has 1 aliphatic heterocycles. The standard InChI is InChI=1S/C21H26N6O2S2/c1-14-7-9-26(10-8-14)11-16-13-31-20(22-16)23-18(28)12-27-19(24-25-21(27)30)15-3-5-17(29-2)6-4-15/h3-6,13-14H,7-12H2,1-2H3,(H,25,30)(H,22,23,28). The molecule has 1 aromatic carbocycles. The van der Waals surface area contributed by atoms with Gasteiger partial charge in [-0.1, -0.05) is 6.92 Å². The van der Waals surface area contributed by atoms with Crippen LogP contribution in [-0.2, 0) is 17.9 Å². The third kappa shape index (κ3) is 5.38. The molecule has 2 aromatic heterocycles. The van der Waals surface area contributed by atoms with Gasteiger partial charge in [-0.25, -0.2) is 4.98 Å². The molecule has 0 unspecified atom stereocenters.